The first-order chi connectivity index (χ1) is 12.1. The van der Waals surface area contributed by atoms with Gasteiger partial charge in [0, 0.05) is 18.3 Å². The Morgan fingerprint density at radius 2 is 1.80 bits per heavy atom. The van der Waals surface area contributed by atoms with Crippen LogP contribution in [0.25, 0.3) is 0 Å². The van der Waals surface area contributed by atoms with Gasteiger partial charge in [0.2, 0.25) is 0 Å². The van der Waals surface area contributed by atoms with E-state index in [0.29, 0.717) is 30.2 Å². The number of carbonyl (C=O) groups excluding carboxylic acids is 1. The second-order valence-electron chi connectivity index (χ2n) is 4.49. The number of hydrogen-bond donors (Lipinski definition) is 2. The van der Waals surface area contributed by atoms with Crippen LogP contribution in [0.1, 0.15) is 37.5 Å². The van der Waals surface area contributed by atoms with E-state index >= 15 is 0 Å². The first kappa shape index (κ1) is 24.4. The van der Waals surface area contributed by atoms with Crippen molar-refractivity contribution < 1.29 is 9.53 Å². The van der Waals surface area contributed by atoms with Gasteiger partial charge in [-0.1, -0.05) is 43.7 Å². The number of nitrogens with zero attached hydrogens (tertiary/aromatic N) is 1. The Hall–Kier alpha value is -2.84. The second kappa shape index (κ2) is 16.0. The molecule has 2 aromatic rings. The van der Waals surface area contributed by atoms with Gasteiger partial charge in [0.1, 0.15) is 18.6 Å². The number of carbonyl (C=O) groups is 1. The van der Waals surface area contributed by atoms with Crippen LogP contribution in [-0.2, 0) is 11.3 Å². The van der Waals surface area contributed by atoms with Gasteiger partial charge >= 0.3 is 0 Å². The lowest BCUT2D eigenvalue weighted by Crippen LogP contribution is -1.95. The molecule has 25 heavy (non-hydrogen) atoms. The van der Waals surface area contributed by atoms with E-state index in [2.05, 4.69) is 19.1 Å². The van der Waals surface area contributed by atoms with E-state index in [1.165, 1.54) is 11.1 Å². The molecule has 136 valence electrons. The van der Waals surface area contributed by atoms with Crippen LogP contribution in [0, 0.1) is 18.3 Å². The Morgan fingerprint density at radius 3 is 2.24 bits per heavy atom. The molecule has 5 heteroatoms. The van der Waals surface area contributed by atoms with E-state index in [-0.39, 0.29) is 0 Å². The fraction of sp³-hybridized carbons (Fsp3) is 0.300. The number of rotatable bonds is 3. The van der Waals surface area contributed by atoms with Crippen LogP contribution in [0.3, 0.4) is 0 Å². The van der Waals surface area contributed by atoms with Gasteiger partial charge in [-0.3, -0.25) is 0 Å². The highest BCUT2D eigenvalue weighted by Gasteiger charge is 2.01. The van der Waals surface area contributed by atoms with E-state index in [1.54, 1.807) is 18.2 Å². The number of nitrogen functional groups attached to an aromatic ring is 1. The first-order valence-electron chi connectivity index (χ1n) is 8.07. The Balaban J connectivity index is 0. The highest BCUT2D eigenvalue weighted by molar-refractivity contribution is 5.52. The van der Waals surface area contributed by atoms with Crippen molar-refractivity contribution in [3.63, 3.8) is 0 Å². The molecule has 0 fully saturated rings. The third-order valence-corrected chi connectivity index (χ3v) is 2.74. The Bertz CT molecular complexity index is 637. The second-order valence-corrected chi connectivity index (χ2v) is 4.49. The number of nitrogens with two attached hydrogens (primary N) is 2. The lowest BCUT2D eigenvalue weighted by Gasteiger charge is -2.04. The Morgan fingerprint density at radius 1 is 1.16 bits per heavy atom. The van der Waals surface area contributed by atoms with Crippen molar-refractivity contribution in [2.75, 3.05) is 12.3 Å². The third-order valence-electron chi connectivity index (χ3n) is 2.74. The number of hydrogen-bond acceptors (Lipinski definition) is 5. The monoisotopic (exact) mass is 343 g/mol. The molecule has 2 aromatic carbocycles. The quantitative estimate of drug-likeness (QED) is 0.824. The fourth-order valence-corrected chi connectivity index (χ4v) is 1.75. The summed E-state index contributed by atoms with van der Waals surface area (Å²) in [5.74, 6) is 0.556. The number of anilines is 1. The summed E-state index contributed by atoms with van der Waals surface area (Å²) < 4.78 is 5.21. The maximum absolute atomic E-state index is 8.67. The van der Waals surface area contributed by atoms with Gasteiger partial charge in [-0.05, 0) is 31.5 Å². The van der Waals surface area contributed by atoms with Gasteiger partial charge in [-0.15, -0.1) is 0 Å². The van der Waals surface area contributed by atoms with Crippen LogP contribution in [0.4, 0.5) is 5.69 Å². The fourth-order valence-electron chi connectivity index (χ4n) is 1.75. The lowest BCUT2D eigenvalue weighted by atomic mass is 10.1. The van der Waals surface area contributed by atoms with Gasteiger partial charge in [-0.25, -0.2) is 0 Å². The average molecular weight is 343 g/mol. The molecule has 0 aliphatic carbocycles. The molecule has 0 amide bonds. The standard InChI is InChI=1S/C9H10N2O.C8H11N.C2H6.CH2O/c1-2-12-9-5-8(11)4-3-7(9)6-10;1-7-3-2-4-8(5-7)6-9;2*1-2/h3-5H,2,11H2,1H3;2-5H,6,9H2,1H3;1-2H3;1H2. The summed E-state index contributed by atoms with van der Waals surface area (Å²) >= 11 is 0. The van der Waals surface area contributed by atoms with Crippen LogP contribution in [0.5, 0.6) is 5.75 Å². The third kappa shape index (κ3) is 10.5. The van der Waals surface area contributed by atoms with Crippen LogP contribution >= 0.6 is 0 Å². The molecule has 0 aliphatic rings. The molecular weight excluding hydrogens is 314 g/mol. The minimum atomic E-state index is 0.519. The van der Waals surface area contributed by atoms with E-state index in [4.69, 9.17) is 26.3 Å². The van der Waals surface area contributed by atoms with Crippen molar-refractivity contribution in [1.82, 2.24) is 0 Å². The SMILES string of the molecule is C=O.CC.CCOc1cc(N)ccc1C#N.Cc1cccc(CN)c1. The number of benzene rings is 2. The molecule has 0 heterocycles. The van der Waals surface area contributed by atoms with Crippen molar-refractivity contribution in [1.29, 1.82) is 5.26 Å². The van der Waals surface area contributed by atoms with E-state index in [9.17, 15) is 0 Å². The van der Waals surface area contributed by atoms with Crippen molar-refractivity contribution in [2.24, 2.45) is 5.73 Å². The van der Waals surface area contributed by atoms with E-state index in [0.717, 1.165) is 0 Å². The Labute approximate surface area is 151 Å². The van der Waals surface area contributed by atoms with E-state index < -0.39 is 0 Å². The molecule has 2 rings (SSSR count). The maximum Gasteiger partial charge on any atom is 0.139 e. The predicted molar refractivity (Wildman–Crippen MR) is 104 cm³/mol. The summed E-state index contributed by atoms with van der Waals surface area (Å²) in [6.45, 7) is 11.1. The van der Waals surface area contributed by atoms with Gasteiger partial charge in [-0.2, -0.15) is 5.26 Å². The van der Waals surface area contributed by atoms with E-state index in [1.807, 2.05) is 45.8 Å². The van der Waals surface area contributed by atoms with Crippen molar-refractivity contribution in [2.45, 2.75) is 34.2 Å². The van der Waals surface area contributed by atoms with Gasteiger partial charge < -0.3 is 21.0 Å². The zero-order valence-corrected chi connectivity index (χ0v) is 15.6. The summed E-state index contributed by atoms with van der Waals surface area (Å²) in [6, 6.07) is 15.2. The topological polar surface area (TPSA) is 102 Å². The maximum atomic E-state index is 8.67. The first-order valence-corrected chi connectivity index (χ1v) is 8.07. The highest BCUT2D eigenvalue weighted by Crippen LogP contribution is 2.20. The van der Waals surface area contributed by atoms with Gasteiger partial charge in [0.05, 0.1) is 12.2 Å². The zero-order chi connectivity index (χ0) is 19.7. The normalized spacial score (nSPS) is 8.16. The van der Waals surface area contributed by atoms with Crippen LogP contribution in [0.2, 0.25) is 0 Å². The molecule has 0 saturated carbocycles. The molecule has 0 atom stereocenters. The summed E-state index contributed by atoms with van der Waals surface area (Å²) in [5, 5.41) is 8.67. The Kier molecular flexibility index (Phi) is 15.7. The van der Waals surface area contributed by atoms with Crippen LogP contribution in [0.15, 0.2) is 42.5 Å². The number of ether oxygens (including phenoxy) is 1. The summed E-state index contributed by atoms with van der Waals surface area (Å²) in [7, 11) is 0. The molecule has 0 saturated heterocycles. The number of nitriles is 1. The number of aryl methyl sites for hydroxylation is 1. The molecule has 0 bridgehead atoms. The molecule has 0 aromatic heterocycles. The lowest BCUT2D eigenvalue weighted by molar-refractivity contribution is -0.0979. The summed E-state index contributed by atoms with van der Waals surface area (Å²) in [6.07, 6.45) is 0. The molecule has 0 spiro atoms. The molecule has 0 unspecified atom stereocenters. The summed E-state index contributed by atoms with van der Waals surface area (Å²) in [5.41, 5.74) is 14.5. The van der Waals surface area contributed by atoms with Crippen LogP contribution < -0.4 is 16.2 Å². The largest absolute Gasteiger partial charge is 0.492 e. The van der Waals surface area contributed by atoms with Crippen molar-refractivity contribution in [3.05, 3.63) is 59.2 Å². The zero-order valence-electron chi connectivity index (χ0n) is 15.6. The molecular formula is C20H29N3O2. The average Bonchev–Trinajstić information content (AvgIpc) is 2.66. The molecule has 0 radical (unpaired) electrons. The smallest absolute Gasteiger partial charge is 0.139 e. The minimum absolute atomic E-state index is 0.519. The molecule has 5 nitrogen and oxygen atoms in total. The predicted octanol–water partition coefficient (Wildman–Crippen LogP) is 3.83. The molecule has 4 N–H and O–H groups in total. The van der Waals surface area contributed by atoms with Crippen molar-refractivity contribution in [3.8, 4) is 11.8 Å². The van der Waals surface area contributed by atoms with Gasteiger partial charge in [0.15, 0.2) is 0 Å². The van der Waals surface area contributed by atoms with Crippen molar-refractivity contribution >= 4 is 12.5 Å². The minimum Gasteiger partial charge on any atom is -0.492 e. The van der Waals surface area contributed by atoms with Crippen LogP contribution in [-0.4, -0.2) is 13.4 Å². The molecule has 0 aliphatic heterocycles. The summed E-state index contributed by atoms with van der Waals surface area (Å²) in [4.78, 5) is 8.00. The highest BCUT2D eigenvalue weighted by atomic mass is 16.5. The van der Waals surface area contributed by atoms with Gasteiger partial charge in [0.25, 0.3) is 0 Å².